The average Bonchev–Trinajstić information content (AvgIpc) is 2.72. The van der Waals surface area contributed by atoms with Gasteiger partial charge in [0.2, 0.25) is 5.75 Å². The van der Waals surface area contributed by atoms with Gasteiger partial charge in [0.1, 0.15) is 5.75 Å². The topological polar surface area (TPSA) is 103 Å². The predicted molar refractivity (Wildman–Crippen MR) is 106 cm³/mol. The minimum atomic E-state index is -1.03. The fourth-order valence-corrected chi connectivity index (χ4v) is 2.84. The van der Waals surface area contributed by atoms with Crippen LogP contribution in [-0.2, 0) is 4.79 Å². The van der Waals surface area contributed by atoms with Gasteiger partial charge in [-0.1, -0.05) is 12.1 Å². The van der Waals surface area contributed by atoms with Crippen LogP contribution in [0.3, 0.4) is 0 Å². The van der Waals surface area contributed by atoms with E-state index in [0.29, 0.717) is 35.2 Å². The van der Waals surface area contributed by atoms with Crippen LogP contribution in [0.15, 0.2) is 36.4 Å². The second kappa shape index (κ2) is 10.2. The molecule has 0 saturated carbocycles. The van der Waals surface area contributed by atoms with Crippen molar-refractivity contribution in [1.29, 1.82) is 0 Å². The van der Waals surface area contributed by atoms with Gasteiger partial charge in [0, 0.05) is 5.56 Å². The summed E-state index contributed by atoms with van der Waals surface area (Å²) in [5.74, 6) is 0.181. The number of carbonyl (C=O) groups is 2. The summed E-state index contributed by atoms with van der Waals surface area (Å²) in [7, 11) is 4.37. The zero-order valence-corrected chi connectivity index (χ0v) is 16.9. The molecule has 0 radical (unpaired) electrons. The van der Waals surface area contributed by atoms with Crippen LogP contribution in [0.2, 0.25) is 0 Å². The molecule has 2 aromatic rings. The molecule has 0 spiro atoms. The number of carbonyl (C=O) groups excluding carboxylic acids is 1. The van der Waals surface area contributed by atoms with E-state index in [-0.39, 0.29) is 12.0 Å². The first-order valence-corrected chi connectivity index (χ1v) is 8.98. The highest BCUT2D eigenvalue weighted by Crippen LogP contribution is 2.38. The van der Waals surface area contributed by atoms with E-state index in [2.05, 4.69) is 5.32 Å². The van der Waals surface area contributed by atoms with Crippen molar-refractivity contribution in [2.75, 3.05) is 27.9 Å². The molecule has 0 aliphatic heterocycles. The summed E-state index contributed by atoms with van der Waals surface area (Å²) in [5, 5.41) is 12.0. The molecule has 0 aliphatic carbocycles. The molecule has 1 atom stereocenters. The van der Waals surface area contributed by atoms with E-state index in [1.807, 2.05) is 6.92 Å². The highest BCUT2D eigenvalue weighted by atomic mass is 16.5. The van der Waals surface area contributed by atoms with Crippen LogP contribution in [0.5, 0.6) is 23.0 Å². The molecule has 0 aliphatic rings. The summed E-state index contributed by atoms with van der Waals surface area (Å²) in [6.07, 6.45) is -0.274. The maximum Gasteiger partial charge on any atom is 0.305 e. The Morgan fingerprint density at radius 3 is 2.03 bits per heavy atom. The third-order valence-electron chi connectivity index (χ3n) is 4.20. The van der Waals surface area contributed by atoms with Crippen LogP contribution >= 0.6 is 0 Å². The fraction of sp³-hybridized carbons (Fsp3) is 0.333. The lowest BCUT2D eigenvalue weighted by atomic mass is 10.0. The number of methoxy groups -OCH3 is 3. The van der Waals surface area contributed by atoms with E-state index in [9.17, 15) is 14.7 Å². The normalized spacial score (nSPS) is 11.3. The standard InChI is InChI=1S/C21H25NO7/c1-5-29-15-8-6-13(7-9-15)16(12-19(23)24)22-21(25)14-10-17(26-2)20(28-4)18(11-14)27-3/h6-11,16H,5,12H2,1-4H3,(H,22,25)(H,23,24)/t16-/m0/s1. The first kappa shape index (κ1) is 21.9. The maximum absolute atomic E-state index is 12.8. The highest BCUT2D eigenvalue weighted by Gasteiger charge is 2.22. The number of ether oxygens (including phenoxy) is 4. The lowest BCUT2D eigenvalue weighted by molar-refractivity contribution is -0.137. The molecule has 8 nitrogen and oxygen atoms in total. The van der Waals surface area contributed by atoms with E-state index in [1.165, 1.54) is 33.5 Å². The molecule has 0 fully saturated rings. The van der Waals surface area contributed by atoms with E-state index < -0.39 is 17.9 Å². The third-order valence-corrected chi connectivity index (χ3v) is 4.20. The lowest BCUT2D eigenvalue weighted by Crippen LogP contribution is -2.30. The minimum absolute atomic E-state index is 0.251. The van der Waals surface area contributed by atoms with Gasteiger partial charge in [-0.05, 0) is 36.8 Å². The van der Waals surface area contributed by atoms with Crippen LogP contribution in [0.4, 0.5) is 0 Å². The Hall–Kier alpha value is -3.42. The molecule has 0 heterocycles. The predicted octanol–water partition coefficient (Wildman–Crippen LogP) is 3.06. The van der Waals surface area contributed by atoms with Gasteiger partial charge in [0.15, 0.2) is 11.5 Å². The van der Waals surface area contributed by atoms with Gasteiger partial charge in [0.05, 0.1) is 40.4 Å². The molecular weight excluding hydrogens is 378 g/mol. The van der Waals surface area contributed by atoms with Gasteiger partial charge in [-0.25, -0.2) is 0 Å². The summed E-state index contributed by atoms with van der Waals surface area (Å²) in [6.45, 7) is 2.40. The Balaban J connectivity index is 2.31. The molecule has 0 bridgehead atoms. The highest BCUT2D eigenvalue weighted by molar-refractivity contribution is 5.96. The van der Waals surface area contributed by atoms with Crippen molar-refractivity contribution < 1.29 is 33.6 Å². The molecule has 2 aromatic carbocycles. The Morgan fingerprint density at radius 1 is 1.00 bits per heavy atom. The van der Waals surface area contributed by atoms with Crippen LogP contribution in [0.1, 0.15) is 35.3 Å². The van der Waals surface area contributed by atoms with Crippen molar-refractivity contribution in [2.45, 2.75) is 19.4 Å². The van der Waals surface area contributed by atoms with Gasteiger partial charge >= 0.3 is 5.97 Å². The molecule has 0 aromatic heterocycles. The van der Waals surface area contributed by atoms with Gasteiger partial charge < -0.3 is 29.4 Å². The number of benzene rings is 2. The zero-order chi connectivity index (χ0) is 21.4. The van der Waals surface area contributed by atoms with E-state index in [4.69, 9.17) is 18.9 Å². The molecular formula is C21H25NO7. The van der Waals surface area contributed by atoms with Crippen molar-refractivity contribution in [1.82, 2.24) is 5.32 Å². The SMILES string of the molecule is CCOc1ccc([C@H](CC(=O)O)NC(=O)c2cc(OC)c(OC)c(OC)c2)cc1. The number of hydrogen-bond donors (Lipinski definition) is 2. The summed E-state index contributed by atoms with van der Waals surface area (Å²) in [6, 6.07) is 9.22. The molecule has 1 amide bonds. The van der Waals surface area contributed by atoms with Crippen molar-refractivity contribution in [2.24, 2.45) is 0 Å². The number of hydrogen-bond acceptors (Lipinski definition) is 6. The van der Waals surface area contributed by atoms with Crippen LogP contribution in [-0.4, -0.2) is 44.9 Å². The summed E-state index contributed by atoms with van der Waals surface area (Å²) < 4.78 is 21.2. The van der Waals surface area contributed by atoms with Crippen molar-refractivity contribution >= 4 is 11.9 Å². The second-order valence-electron chi connectivity index (χ2n) is 6.04. The van der Waals surface area contributed by atoms with Gasteiger partial charge in [0.25, 0.3) is 5.91 Å². The first-order chi connectivity index (χ1) is 13.9. The number of aliphatic carboxylic acids is 1. The van der Waals surface area contributed by atoms with Crippen LogP contribution < -0.4 is 24.3 Å². The van der Waals surface area contributed by atoms with Crippen LogP contribution in [0, 0.1) is 0 Å². The van der Waals surface area contributed by atoms with Gasteiger partial charge in [-0.3, -0.25) is 9.59 Å². The summed E-state index contributed by atoms with van der Waals surface area (Å²) in [5.41, 5.74) is 0.900. The number of nitrogens with one attached hydrogen (secondary N) is 1. The quantitative estimate of drug-likeness (QED) is 0.628. The lowest BCUT2D eigenvalue weighted by Gasteiger charge is -2.19. The largest absolute Gasteiger partial charge is 0.494 e. The van der Waals surface area contributed by atoms with Gasteiger partial charge in [-0.15, -0.1) is 0 Å². The molecule has 2 rings (SSSR count). The molecule has 156 valence electrons. The van der Waals surface area contributed by atoms with Crippen molar-refractivity contribution in [3.05, 3.63) is 47.5 Å². The number of carboxylic acid groups (broad SMARTS) is 1. The van der Waals surface area contributed by atoms with Crippen molar-refractivity contribution in [3.63, 3.8) is 0 Å². The Labute approximate surface area is 169 Å². The third kappa shape index (κ3) is 5.54. The summed E-state index contributed by atoms with van der Waals surface area (Å²) >= 11 is 0. The zero-order valence-electron chi connectivity index (χ0n) is 16.9. The fourth-order valence-electron chi connectivity index (χ4n) is 2.84. The van der Waals surface area contributed by atoms with Crippen LogP contribution in [0.25, 0.3) is 0 Å². The average molecular weight is 403 g/mol. The number of carboxylic acids is 1. The summed E-state index contributed by atoms with van der Waals surface area (Å²) in [4.78, 5) is 24.2. The first-order valence-electron chi connectivity index (χ1n) is 8.98. The number of rotatable bonds is 10. The Morgan fingerprint density at radius 2 is 1.59 bits per heavy atom. The number of amides is 1. The van der Waals surface area contributed by atoms with E-state index in [1.54, 1.807) is 24.3 Å². The smallest absolute Gasteiger partial charge is 0.305 e. The Bertz CT molecular complexity index is 824. The minimum Gasteiger partial charge on any atom is -0.494 e. The molecule has 29 heavy (non-hydrogen) atoms. The maximum atomic E-state index is 12.8. The monoisotopic (exact) mass is 403 g/mol. The van der Waals surface area contributed by atoms with E-state index >= 15 is 0 Å². The Kier molecular flexibility index (Phi) is 7.70. The van der Waals surface area contributed by atoms with Crippen molar-refractivity contribution in [3.8, 4) is 23.0 Å². The van der Waals surface area contributed by atoms with Gasteiger partial charge in [-0.2, -0.15) is 0 Å². The second-order valence-corrected chi connectivity index (χ2v) is 6.04. The molecule has 0 saturated heterocycles. The molecule has 8 heteroatoms. The molecule has 0 unspecified atom stereocenters. The van der Waals surface area contributed by atoms with E-state index in [0.717, 1.165) is 0 Å². The molecule has 2 N–H and O–H groups in total.